The molecule has 18 heavy (non-hydrogen) atoms. The summed E-state index contributed by atoms with van der Waals surface area (Å²) >= 11 is 0. The Kier molecular flexibility index (Phi) is 5.61. The van der Waals surface area contributed by atoms with Gasteiger partial charge in [0.05, 0.1) is 6.10 Å². The Labute approximate surface area is 107 Å². The van der Waals surface area contributed by atoms with Crippen molar-refractivity contribution in [3.8, 4) is 0 Å². The summed E-state index contributed by atoms with van der Waals surface area (Å²) in [6.45, 7) is 4.68. The molecule has 1 atom stereocenters. The maximum absolute atomic E-state index is 11.7. The van der Waals surface area contributed by atoms with Gasteiger partial charge in [0, 0.05) is 30.4 Å². The third kappa shape index (κ3) is 5.16. The van der Waals surface area contributed by atoms with Gasteiger partial charge in [0.25, 0.3) is 5.91 Å². The molecule has 5 nitrogen and oxygen atoms in total. The largest absolute Gasteiger partial charge is 0.399 e. The minimum Gasteiger partial charge on any atom is -0.399 e. The van der Waals surface area contributed by atoms with Crippen LogP contribution in [0.1, 0.15) is 24.2 Å². The van der Waals surface area contributed by atoms with E-state index in [2.05, 4.69) is 10.6 Å². The van der Waals surface area contributed by atoms with Crippen molar-refractivity contribution in [2.45, 2.75) is 26.0 Å². The fourth-order valence-electron chi connectivity index (χ4n) is 1.39. The van der Waals surface area contributed by atoms with Gasteiger partial charge in [-0.1, -0.05) is 13.8 Å². The smallest absolute Gasteiger partial charge is 0.251 e. The second-order valence-corrected chi connectivity index (χ2v) is 4.55. The molecule has 0 saturated carbocycles. The number of nitrogen functional groups attached to an aromatic ring is 1. The van der Waals surface area contributed by atoms with Gasteiger partial charge < -0.3 is 21.5 Å². The number of anilines is 1. The quantitative estimate of drug-likeness (QED) is 0.550. The van der Waals surface area contributed by atoms with Gasteiger partial charge in [0.15, 0.2) is 0 Å². The maximum Gasteiger partial charge on any atom is 0.251 e. The molecule has 1 rings (SSSR count). The Morgan fingerprint density at radius 2 is 1.89 bits per heavy atom. The minimum absolute atomic E-state index is 0.210. The summed E-state index contributed by atoms with van der Waals surface area (Å²) in [5.41, 5.74) is 6.69. The Bertz CT molecular complexity index is 376. The molecule has 1 aromatic carbocycles. The summed E-state index contributed by atoms with van der Waals surface area (Å²) < 4.78 is 0. The number of rotatable bonds is 6. The van der Waals surface area contributed by atoms with E-state index < -0.39 is 6.10 Å². The second-order valence-electron chi connectivity index (χ2n) is 4.55. The molecule has 0 radical (unpaired) electrons. The molecule has 0 spiro atoms. The van der Waals surface area contributed by atoms with Gasteiger partial charge in [-0.05, 0) is 24.3 Å². The SMILES string of the molecule is CC(C)NCC(O)CNC(=O)c1ccc(N)cc1. The molecule has 5 N–H and O–H groups in total. The first-order valence-electron chi connectivity index (χ1n) is 6.04. The van der Waals surface area contributed by atoms with Crippen molar-refractivity contribution in [2.24, 2.45) is 0 Å². The normalized spacial score (nSPS) is 12.4. The van der Waals surface area contributed by atoms with Crippen LogP contribution in [0, 0.1) is 0 Å². The Morgan fingerprint density at radius 3 is 2.44 bits per heavy atom. The molecule has 0 fully saturated rings. The zero-order chi connectivity index (χ0) is 13.5. The summed E-state index contributed by atoms with van der Waals surface area (Å²) in [5, 5.41) is 15.4. The third-order valence-electron chi connectivity index (χ3n) is 2.43. The zero-order valence-corrected chi connectivity index (χ0v) is 10.8. The van der Waals surface area contributed by atoms with Crippen LogP contribution in [0.4, 0.5) is 5.69 Å². The van der Waals surface area contributed by atoms with Crippen molar-refractivity contribution in [1.82, 2.24) is 10.6 Å². The maximum atomic E-state index is 11.7. The summed E-state index contributed by atoms with van der Waals surface area (Å²) in [6, 6.07) is 6.97. The molecule has 0 saturated heterocycles. The fourth-order valence-corrected chi connectivity index (χ4v) is 1.39. The summed E-state index contributed by atoms with van der Waals surface area (Å²) in [4.78, 5) is 11.7. The average Bonchev–Trinajstić information content (AvgIpc) is 2.34. The number of amides is 1. The number of aliphatic hydroxyl groups is 1. The molecular weight excluding hydrogens is 230 g/mol. The van der Waals surface area contributed by atoms with Gasteiger partial charge in [0.1, 0.15) is 0 Å². The minimum atomic E-state index is -0.592. The highest BCUT2D eigenvalue weighted by molar-refractivity contribution is 5.94. The fraction of sp³-hybridized carbons (Fsp3) is 0.462. The molecule has 0 heterocycles. The predicted molar refractivity (Wildman–Crippen MR) is 72.3 cm³/mol. The van der Waals surface area contributed by atoms with E-state index in [1.807, 2.05) is 13.8 Å². The Morgan fingerprint density at radius 1 is 1.28 bits per heavy atom. The van der Waals surface area contributed by atoms with E-state index >= 15 is 0 Å². The summed E-state index contributed by atoms with van der Waals surface area (Å²) in [5.74, 6) is -0.210. The molecule has 0 aromatic heterocycles. The molecule has 1 aromatic rings. The van der Waals surface area contributed by atoms with Crippen LogP contribution in [0.5, 0.6) is 0 Å². The van der Waals surface area contributed by atoms with E-state index in [1.54, 1.807) is 24.3 Å². The third-order valence-corrected chi connectivity index (χ3v) is 2.43. The second kappa shape index (κ2) is 6.98. The van der Waals surface area contributed by atoms with E-state index in [0.29, 0.717) is 23.8 Å². The molecule has 100 valence electrons. The zero-order valence-electron chi connectivity index (χ0n) is 10.8. The highest BCUT2D eigenvalue weighted by atomic mass is 16.3. The van der Waals surface area contributed by atoms with Crippen LogP contribution in [0.2, 0.25) is 0 Å². The Balaban J connectivity index is 2.34. The van der Waals surface area contributed by atoms with Crippen LogP contribution in [0.15, 0.2) is 24.3 Å². The van der Waals surface area contributed by atoms with Gasteiger partial charge in [-0.15, -0.1) is 0 Å². The average molecular weight is 251 g/mol. The van der Waals surface area contributed by atoms with Crippen molar-refractivity contribution in [3.05, 3.63) is 29.8 Å². The van der Waals surface area contributed by atoms with E-state index in [1.165, 1.54) is 0 Å². The molecule has 1 amide bonds. The van der Waals surface area contributed by atoms with Gasteiger partial charge in [0.2, 0.25) is 0 Å². The number of carbonyl (C=O) groups is 1. The van der Waals surface area contributed by atoms with Crippen LogP contribution in [-0.4, -0.2) is 36.2 Å². The number of hydrogen-bond donors (Lipinski definition) is 4. The van der Waals surface area contributed by atoms with E-state index in [0.717, 1.165) is 0 Å². The first-order valence-corrected chi connectivity index (χ1v) is 6.04. The lowest BCUT2D eigenvalue weighted by Gasteiger charge is -2.14. The molecule has 5 heteroatoms. The number of nitrogens with two attached hydrogens (primary N) is 1. The molecule has 0 bridgehead atoms. The highest BCUT2D eigenvalue weighted by Gasteiger charge is 2.09. The molecule has 0 aliphatic heterocycles. The number of hydrogen-bond acceptors (Lipinski definition) is 4. The lowest BCUT2D eigenvalue weighted by atomic mass is 10.2. The van der Waals surface area contributed by atoms with Crippen molar-refractivity contribution < 1.29 is 9.90 Å². The number of nitrogens with one attached hydrogen (secondary N) is 2. The van der Waals surface area contributed by atoms with Crippen LogP contribution in [0.25, 0.3) is 0 Å². The first-order chi connectivity index (χ1) is 8.49. The molecule has 0 aliphatic rings. The number of carbonyl (C=O) groups excluding carboxylic acids is 1. The van der Waals surface area contributed by atoms with Gasteiger partial charge in [-0.25, -0.2) is 0 Å². The lowest BCUT2D eigenvalue weighted by molar-refractivity contribution is 0.0914. The molecule has 0 aliphatic carbocycles. The van der Waals surface area contributed by atoms with E-state index in [-0.39, 0.29) is 12.5 Å². The van der Waals surface area contributed by atoms with E-state index in [9.17, 15) is 9.90 Å². The van der Waals surface area contributed by atoms with Crippen LogP contribution in [0.3, 0.4) is 0 Å². The van der Waals surface area contributed by atoms with E-state index in [4.69, 9.17) is 5.73 Å². The van der Waals surface area contributed by atoms with Crippen molar-refractivity contribution in [1.29, 1.82) is 0 Å². The highest BCUT2D eigenvalue weighted by Crippen LogP contribution is 2.04. The van der Waals surface area contributed by atoms with Crippen molar-refractivity contribution >= 4 is 11.6 Å². The Hall–Kier alpha value is -1.59. The summed E-state index contributed by atoms with van der Waals surface area (Å²) in [6.07, 6.45) is -0.592. The van der Waals surface area contributed by atoms with Gasteiger partial charge in [-0.2, -0.15) is 0 Å². The standard InChI is InChI=1S/C13H21N3O2/c1-9(2)15-7-12(17)8-16-13(18)10-3-5-11(14)6-4-10/h3-6,9,12,15,17H,7-8,14H2,1-2H3,(H,16,18). The topological polar surface area (TPSA) is 87.4 Å². The van der Waals surface area contributed by atoms with Crippen LogP contribution >= 0.6 is 0 Å². The van der Waals surface area contributed by atoms with Crippen molar-refractivity contribution in [3.63, 3.8) is 0 Å². The summed E-state index contributed by atoms with van der Waals surface area (Å²) in [7, 11) is 0. The lowest BCUT2D eigenvalue weighted by Crippen LogP contribution is -2.40. The van der Waals surface area contributed by atoms with Crippen LogP contribution < -0.4 is 16.4 Å². The monoisotopic (exact) mass is 251 g/mol. The number of aliphatic hydroxyl groups excluding tert-OH is 1. The predicted octanol–water partition coefficient (Wildman–Crippen LogP) is 0.357. The van der Waals surface area contributed by atoms with Crippen molar-refractivity contribution in [2.75, 3.05) is 18.8 Å². The number of benzene rings is 1. The van der Waals surface area contributed by atoms with Crippen LogP contribution in [-0.2, 0) is 0 Å². The van der Waals surface area contributed by atoms with Gasteiger partial charge in [-0.3, -0.25) is 4.79 Å². The van der Waals surface area contributed by atoms with Gasteiger partial charge >= 0.3 is 0 Å². The molecule has 1 unspecified atom stereocenters. The first kappa shape index (κ1) is 14.5. The molecular formula is C13H21N3O2.